The van der Waals surface area contributed by atoms with Crippen LogP contribution in [0.5, 0.6) is 11.5 Å². The maximum Gasteiger partial charge on any atom is 0.177 e. The lowest BCUT2D eigenvalue weighted by molar-refractivity contribution is -0.151. The van der Waals surface area contributed by atoms with Gasteiger partial charge in [-0.3, -0.25) is 9.69 Å². The molecule has 2 heterocycles. The monoisotopic (exact) mass is 353 g/mol. The molecule has 1 aromatic carbocycles. The van der Waals surface area contributed by atoms with E-state index in [4.69, 9.17) is 4.74 Å². The molecule has 0 radical (unpaired) electrons. The van der Waals surface area contributed by atoms with E-state index >= 15 is 0 Å². The van der Waals surface area contributed by atoms with Gasteiger partial charge in [0.05, 0.1) is 0 Å². The van der Waals surface area contributed by atoms with Crippen LogP contribution in [0.2, 0.25) is 0 Å². The highest BCUT2D eigenvalue weighted by Crippen LogP contribution is 2.65. The largest absolute Gasteiger partial charge is 0.504 e. The number of aromatic hydroxyl groups is 1. The zero-order valence-electron chi connectivity index (χ0n) is 15.6. The lowest BCUT2D eigenvalue weighted by atomic mass is 9.47. The van der Waals surface area contributed by atoms with Crippen molar-refractivity contribution in [2.45, 2.75) is 57.1 Å². The summed E-state index contributed by atoms with van der Waals surface area (Å²) in [4.78, 5) is 16.0. The first-order chi connectivity index (χ1) is 12.5. The van der Waals surface area contributed by atoms with Gasteiger partial charge in [0.2, 0.25) is 0 Å². The van der Waals surface area contributed by atoms with Crippen LogP contribution in [0.4, 0.5) is 0 Å². The van der Waals surface area contributed by atoms with Gasteiger partial charge in [-0.25, -0.2) is 0 Å². The van der Waals surface area contributed by atoms with E-state index in [2.05, 4.69) is 24.8 Å². The number of piperidine rings is 1. The molecule has 0 amide bonds. The SMILES string of the molecule is C[C@@H]1[C@H]2[C@H]3Cc4ccc(O)c5c4[C@@]2(CCN3CC2CC2)C(O5)C(=O)[C@H]1C. The summed E-state index contributed by atoms with van der Waals surface area (Å²) in [6, 6.07) is 4.35. The maximum absolute atomic E-state index is 13.2. The normalized spacial score (nSPS) is 43.2. The second kappa shape index (κ2) is 4.83. The quantitative estimate of drug-likeness (QED) is 0.888. The number of hydrogen-bond acceptors (Lipinski definition) is 4. The predicted octanol–water partition coefficient (Wildman–Crippen LogP) is 2.90. The molecule has 26 heavy (non-hydrogen) atoms. The average Bonchev–Trinajstić information content (AvgIpc) is 3.38. The fourth-order valence-electron chi connectivity index (χ4n) is 6.88. The summed E-state index contributed by atoms with van der Waals surface area (Å²) in [7, 11) is 0. The van der Waals surface area contributed by atoms with E-state index in [0.717, 1.165) is 25.3 Å². The van der Waals surface area contributed by atoms with Gasteiger partial charge < -0.3 is 9.84 Å². The Bertz CT molecular complexity index is 816. The topological polar surface area (TPSA) is 49.8 Å². The molecule has 6 rings (SSSR count). The summed E-state index contributed by atoms with van der Waals surface area (Å²) in [5.41, 5.74) is 2.27. The Hall–Kier alpha value is -1.55. The minimum absolute atomic E-state index is 0.0273. The summed E-state index contributed by atoms with van der Waals surface area (Å²) in [5, 5.41) is 10.5. The van der Waals surface area contributed by atoms with E-state index in [1.807, 2.05) is 0 Å². The molecule has 5 aliphatic rings. The number of carbonyl (C=O) groups is 1. The van der Waals surface area contributed by atoms with Crippen molar-refractivity contribution >= 4 is 5.78 Å². The first-order valence-corrected chi connectivity index (χ1v) is 10.3. The van der Waals surface area contributed by atoms with E-state index in [1.165, 1.54) is 30.5 Å². The van der Waals surface area contributed by atoms with E-state index in [-0.39, 0.29) is 22.9 Å². The lowest BCUT2D eigenvalue weighted by Gasteiger charge is -2.61. The molecule has 4 heteroatoms. The molecular formula is C22H27NO3. The highest BCUT2D eigenvalue weighted by molar-refractivity contribution is 5.91. The number of rotatable bonds is 2. The fourth-order valence-corrected chi connectivity index (χ4v) is 6.88. The predicted molar refractivity (Wildman–Crippen MR) is 97.4 cm³/mol. The summed E-state index contributed by atoms with van der Waals surface area (Å²) in [6.07, 6.45) is 4.38. The van der Waals surface area contributed by atoms with Crippen LogP contribution in [-0.2, 0) is 16.6 Å². The van der Waals surface area contributed by atoms with Crippen molar-refractivity contribution in [3.8, 4) is 11.5 Å². The third-order valence-electron chi connectivity index (χ3n) is 8.36. The van der Waals surface area contributed by atoms with Gasteiger partial charge in [-0.2, -0.15) is 0 Å². The number of likely N-dealkylation sites (tertiary alicyclic amines) is 1. The second-order valence-corrected chi connectivity index (χ2v) is 9.52. The van der Waals surface area contributed by atoms with Gasteiger partial charge in [-0.05, 0) is 61.6 Å². The number of carbonyl (C=O) groups excluding carboxylic acids is 1. The van der Waals surface area contributed by atoms with Crippen molar-refractivity contribution in [2.75, 3.05) is 13.1 Å². The van der Waals surface area contributed by atoms with E-state index in [9.17, 15) is 9.90 Å². The van der Waals surface area contributed by atoms with Crippen LogP contribution in [0.25, 0.3) is 0 Å². The zero-order valence-corrected chi connectivity index (χ0v) is 15.6. The van der Waals surface area contributed by atoms with Crippen molar-refractivity contribution in [3.05, 3.63) is 23.3 Å². The number of nitrogens with zero attached hydrogens (tertiary/aromatic N) is 1. The number of phenolic OH excluding ortho intramolecular Hbond substituents is 1. The molecule has 3 aliphatic carbocycles. The van der Waals surface area contributed by atoms with Crippen molar-refractivity contribution in [3.63, 3.8) is 0 Å². The van der Waals surface area contributed by atoms with Crippen LogP contribution in [-0.4, -0.2) is 41.0 Å². The Kier molecular flexibility index (Phi) is 2.88. The van der Waals surface area contributed by atoms with Crippen LogP contribution in [0.1, 0.15) is 44.2 Å². The second-order valence-electron chi connectivity index (χ2n) is 9.52. The van der Waals surface area contributed by atoms with Gasteiger partial charge in [0.25, 0.3) is 0 Å². The smallest absolute Gasteiger partial charge is 0.177 e. The van der Waals surface area contributed by atoms with Crippen molar-refractivity contribution < 1.29 is 14.6 Å². The van der Waals surface area contributed by atoms with Crippen LogP contribution in [0, 0.1) is 23.7 Å². The highest BCUT2D eigenvalue weighted by Gasteiger charge is 2.69. The Morgan fingerprint density at radius 3 is 2.88 bits per heavy atom. The molecule has 4 nitrogen and oxygen atoms in total. The molecule has 2 saturated carbocycles. The number of ether oxygens (including phenoxy) is 1. The molecule has 0 aromatic heterocycles. The van der Waals surface area contributed by atoms with Crippen molar-refractivity contribution in [2.24, 2.45) is 23.7 Å². The molecule has 2 aliphatic heterocycles. The number of ketones is 1. The van der Waals surface area contributed by atoms with Gasteiger partial charge in [0.15, 0.2) is 23.4 Å². The third-order valence-corrected chi connectivity index (χ3v) is 8.36. The maximum atomic E-state index is 13.2. The molecule has 1 aromatic rings. The minimum atomic E-state index is -0.397. The molecule has 138 valence electrons. The van der Waals surface area contributed by atoms with Gasteiger partial charge >= 0.3 is 0 Å². The summed E-state index contributed by atoms with van der Waals surface area (Å²) in [6.45, 7) is 6.64. The number of Topliss-reactive ketones (excluding diaryl/α,β-unsaturated/α-hetero) is 1. The third kappa shape index (κ3) is 1.68. The zero-order chi connectivity index (χ0) is 17.8. The Labute approximate surface area is 154 Å². The van der Waals surface area contributed by atoms with Crippen molar-refractivity contribution in [1.29, 1.82) is 0 Å². The Morgan fingerprint density at radius 2 is 2.12 bits per heavy atom. The van der Waals surface area contributed by atoms with Crippen LogP contribution in [0.15, 0.2) is 12.1 Å². The van der Waals surface area contributed by atoms with Gasteiger partial charge in [-0.1, -0.05) is 19.9 Å². The molecular weight excluding hydrogens is 326 g/mol. The Balaban J connectivity index is 1.56. The van der Waals surface area contributed by atoms with Gasteiger partial charge in [0, 0.05) is 29.5 Å². The first-order valence-electron chi connectivity index (χ1n) is 10.3. The summed E-state index contributed by atoms with van der Waals surface area (Å²) < 4.78 is 6.25. The standard InChI is InChI=1S/C22H27NO3/c1-11-12(2)19(25)21-22-7-8-23(10-13-3-4-13)15(17(11)22)9-14-5-6-16(24)20(26-21)18(14)22/h5-6,11-13,15,17,21,24H,3-4,7-10H2,1-2H3/t11-,12-,15+,17-,21?,22-/m0/s1. The van der Waals surface area contributed by atoms with E-state index in [0.29, 0.717) is 23.6 Å². The van der Waals surface area contributed by atoms with Gasteiger partial charge in [0.1, 0.15) is 0 Å². The molecule has 6 atom stereocenters. The van der Waals surface area contributed by atoms with Crippen LogP contribution in [0.3, 0.4) is 0 Å². The molecule has 3 fully saturated rings. The van der Waals surface area contributed by atoms with Crippen LogP contribution >= 0.6 is 0 Å². The molecule has 1 unspecified atom stereocenters. The Morgan fingerprint density at radius 1 is 1.31 bits per heavy atom. The minimum Gasteiger partial charge on any atom is -0.504 e. The van der Waals surface area contributed by atoms with E-state index in [1.54, 1.807) is 6.07 Å². The highest BCUT2D eigenvalue weighted by atomic mass is 16.5. The van der Waals surface area contributed by atoms with Crippen molar-refractivity contribution in [1.82, 2.24) is 4.90 Å². The van der Waals surface area contributed by atoms with Crippen LogP contribution < -0.4 is 4.74 Å². The van der Waals surface area contributed by atoms with Gasteiger partial charge in [-0.15, -0.1) is 0 Å². The summed E-state index contributed by atoms with van der Waals surface area (Å²) in [5.74, 6) is 2.78. The summed E-state index contributed by atoms with van der Waals surface area (Å²) >= 11 is 0. The molecule has 1 spiro atoms. The molecule has 2 bridgehead atoms. The van der Waals surface area contributed by atoms with E-state index < -0.39 is 6.10 Å². The number of benzene rings is 1. The molecule has 1 saturated heterocycles. The average molecular weight is 353 g/mol. The lowest BCUT2D eigenvalue weighted by Crippen LogP contribution is -2.69. The number of hydrogen-bond donors (Lipinski definition) is 1. The molecule has 1 N–H and O–H groups in total. The first kappa shape index (κ1) is 15.5. The fraction of sp³-hybridized carbons (Fsp3) is 0.682. The number of phenols is 1.